The van der Waals surface area contributed by atoms with Crippen LogP contribution in [0.1, 0.15) is 23.3 Å². The number of benzene rings is 1. The van der Waals surface area contributed by atoms with Gasteiger partial charge in [0.2, 0.25) is 0 Å². The zero-order valence-electron chi connectivity index (χ0n) is 21.1. The molecule has 0 bridgehead atoms. The van der Waals surface area contributed by atoms with Gasteiger partial charge in [0.25, 0.3) is 5.91 Å². The minimum atomic E-state index is -0.352. The molecule has 2 N–H and O–H groups in total. The molecular weight excluding hydrogens is 506 g/mol. The number of rotatable bonds is 7. The standard InChI is InChI=1S/C26H29N7O4S/c1-31-23-13-17(37-15-18-3-2-12-36-18)4-5-22(23)33(26(31)35)25-30-20(16-38-25)24(34)29-19-14-28-7-6-21(19)32-10-8-27-9-11-32/h4-7,13-14,16,18,27H,2-3,8-12,15H2,1H3,(H,29,34)/t18-/m0/s1. The van der Waals surface area contributed by atoms with Crippen molar-refractivity contribution >= 4 is 39.7 Å². The number of carbonyl (C=O) groups excluding carboxylic acids is 1. The average molecular weight is 536 g/mol. The summed E-state index contributed by atoms with van der Waals surface area (Å²) in [7, 11) is 1.71. The second-order valence-electron chi connectivity index (χ2n) is 9.37. The van der Waals surface area contributed by atoms with E-state index in [2.05, 4.69) is 25.5 Å². The van der Waals surface area contributed by atoms with Gasteiger partial charge in [0, 0.05) is 57.5 Å². The molecule has 12 heteroatoms. The number of piperazine rings is 1. The molecule has 5 heterocycles. The summed E-state index contributed by atoms with van der Waals surface area (Å²) in [6.45, 7) is 4.72. The van der Waals surface area contributed by atoms with Gasteiger partial charge in [0.1, 0.15) is 18.1 Å². The van der Waals surface area contributed by atoms with Crippen molar-refractivity contribution in [2.75, 3.05) is 49.6 Å². The highest BCUT2D eigenvalue weighted by Crippen LogP contribution is 2.27. The van der Waals surface area contributed by atoms with E-state index in [1.807, 2.05) is 24.3 Å². The van der Waals surface area contributed by atoms with Gasteiger partial charge in [-0.25, -0.2) is 14.3 Å². The summed E-state index contributed by atoms with van der Waals surface area (Å²) in [5.41, 5.74) is 2.96. The Kier molecular flexibility index (Phi) is 6.83. The predicted octanol–water partition coefficient (Wildman–Crippen LogP) is 2.40. The van der Waals surface area contributed by atoms with Gasteiger partial charge < -0.3 is 25.0 Å². The third-order valence-corrected chi connectivity index (χ3v) is 7.73. The van der Waals surface area contributed by atoms with Crippen LogP contribution in [-0.4, -0.2) is 70.5 Å². The van der Waals surface area contributed by atoms with Crippen molar-refractivity contribution in [1.82, 2.24) is 24.4 Å². The van der Waals surface area contributed by atoms with Crippen molar-refractivity contribution in [3.63, 3.8) is 0 Å². The zero-order valence-corrected chi connectivity index (χ0v) is 21.9. The number of nitrogens with one attached hydrogen (secondary N) is 2. The molecule has 6 rings (SSSR count). The van der Waals surface area contributed by atoms with E-state index in [9.17, 15) is 9.59 Å². The van der Waals surface area contributed by atoms with Crippen LogP contribution in [0.4, 0.5) is 11.4 Å². The number of pyridine rings is 1. The number of ether oxygens (including phenoxy) is 2. The third kappa shape index (κ3) is 4.77. The fraction of sp³-hybridized carbons (Fsp3) is 0.385. The van der Waals surface area contributed by atoms with Crippen molar-refractivity contribution in [1.29, 1.82) is 0 Å². The van der Waals surface area contributed by atoms with Crippen LogP contribution in [0.15, 0.2) is 46.8 Å². The van der Waals surface area contributed by atoms with Gasteiger partial charge in [-0.2, -0.15) is 0 Å². The monoisotopic (exact) mass is 535 g/mol. The number of amides is 1. The largest absolute Gasteiger partial charge is 0.491 e. The van der Waals surface area contributed by atoms with Crippen molar-refractivity contribution < 1.29 is 14.3 Å². The molecule has 198 valence electrons. The molecule has 1 atom stereocenters. The molecule has 1 amide bonds. The minimum Gasteiger partial charge on any atom is -0.491 e. The van der Waals surface area contributed by atoms with Crippen LogP contribution in [0, 0.1) is 0 Å². The summed E-state index contributed by atoms with van der Waals surface area (Å²) in [5, 5.41) is 8.37. The van der Waals surface area contributed by atoms with Crippen LogP contribution in [0.5, 0.6) is 5.75 Å². The summed E-state index contributed by atoms with van der Waals surface area (Å²) in [6.07, 6.45) is 5.53. The van der Waals surface area contributed by atoms with Gasteiger partial charge >= 0.3 is 5.69 Å². The maximum Gasteiger partial charge on any atom is 0.335 e. The van der Waals surface area contributed by atoms with E-state index in [0.717, 1.165) is 56.8 Å². The SMILES string of the molecule is Cn1c(=O)n(-c2nc(C(=O)Nc3cnccc3N3CCNCC3)cs2)c2ccc(OC[C@@H]3CCCO3)cc21. The number of carbonyl (C=O) groups is 1. The van der Waals surface area contributed by atoms with E-state index >= 15 is 0 Å². The third-order valence-electron chi connectivity index (χ3n) is 6.91. The van der Waals surface area contributed by atoms with Crippen LogP contribution in [0.2, 0.25) is 0 Å². The van der Waals surface area contributed by atoms with Crippen LogP contribution < -0.4 is 26.0 Å². The Morgan fingerprint density at radius 1 is 1.26 bits per heavy atom. The number of hydrogen-bond donors (Lipinski definition) is 2. The molecule has 0 saturated carbocycles. The Labute approximate surface area is 223 Å². The quantitative estimate of drug-likeness (QED) is 0.371. The van der Waals surface area contributed by atoms with Gasteiger partial charge in [-0.3, -0.25) is 14.3 Å². The van der Waals surface area contributed by atoms with Crippen molar-refractivity contribution in [2.45, 2.75) is 18.9 Å². The van der Waals surface area contributed by atoms with Crippen LogP contribution >= 0.6 is 11.3 Å². The lowest BCUT2D eigenvalue weighted by atomic mass is 10.2. The molecule has 11 nitrogen and oxygen atoms in total. The molecular formula is C26H29N7O4S. The first-order valence-electron chi connectivity index (χ1n) is 12.7. The maximum atomic E-state index is 13.2. The van der Waals surface area contributed by atoms with E-state index < -0.39 is 0 Å². The molecule has 2 saturated heterocycles. The first-order valence-corrected chi connectivity index (χ1v) is 13.6. The summed E-state index contributed by atoms with van der Waals surface area (Å²) in [5.74, 6) is 0.326. The molecule has 0 radical (unpaired) electrons. The molecule has 2 aliphatic heterocycles. The molecule has 0 unspecified atom stereocenters. The normalized spacial score (nSPS) is 17.7. The number of hydrogen-bond acceptors (Lipinski definition) is 9. The molecule has 1 aromatic carbocycles. The molecule has 38 heavy (non-hydrogen) atoms. The Bertz CT molecular complexity index is 1520. The van der Waals surface area contributed by atoms with Crippen molar-refractivity contribution in [3.05, 3.63) is 58.2 Å². The lowest BCUT2D eigenvalue weighted by molar-refractivity contribution is 0.0680. The summed E-state index contributed by atoms with van der Waals surface area (Å²) in [4.78, 5) is 37.2. The zero-order chi connectivity index (χ0) is 26.1. The number of fused-ring (bicyclic) bond motifs is 1. The van der Waals surface area contributed by atoms with E-state index in [1.54, 1.807) is 29.4 Å². The first-order chi connectivity index (χ1) is 18.6. The van der Waals surface area contributed by atoms with E-state index in [0.29, 0.717) is 28.7 Å². The van der Waals surface area contributed by atoms with Crippen LogP contribution in [0.25, 0.3) is 16.2 Å². The number of thiazole rings is 1. The summed E-state index contributed by atoms with van der Waals surface area (Å²) >= 11 is 1.24. The molecule has 3 aromatic heterocycles. The smallest absolute Gasteiger partial charge is 0.335 e. The summed E-state index contributed by atoms with van der Waals surface area (Å²) in [6, 6.07) is 7.44. The number of aromatic nitrogens is 4. The molecule has 2 fully saturated rings. The van der Waals surface area contributed by atoms with Gasteiger partial charge in [-0.1, -0.05) is 0 Å². The Morgan fingerprint density at radius 2 is 2.13 bits per heavy atom. The van der Waals surface area contributed by atoms with Crippen LogP contribution in [-0.2, 0) is 11.8 Å². The highest BCUT2D eigenvalue weighted by atomic mass is 32.1. The lowest BCUT2D eigenvalue weighted by Gasteiger charge is -2.30. The maximum absolute atomic E-state index is 13.2. The highest BCUT2D eigenvalue weighted by molar-refractivity contribution is 7.12. The van der Waals surface area contributed by atoms with E-state index in [-0.39, 0.29) is 23.4 Å². The van der Waals surface area contributed by atoms with Crippen molar-refractivity contribution in [2.24, 2.45) is 7.05 Å². The molecule has 2 aliphatic rings. The first kappa shape index (κ1) is 24.6. The summed E-state index contributed by atoms with van der Waals surface area (Å²) < 4.78 is 14.6. The van der Waals surface area contributed by atoms with Crippen molar-refractivity contribution in [3.8, 4) is 10.9 Å². The molecule has 0 aliphatic carbocycles. The lowest BCUT2D eigenvalue weighted by Crippen LogP contribution is -2.43. The minimum absolute atomic E-state index is 0.110. The van der Waals surface area contributed by atoms with Gasteiger partial charge in [-0.05, 0) is 31.0 Å². The molecule has 4 aromatic rings. The number of aryl methyl sites for hydroxylation is 1. The van der Waals surface area contributed by atoms with E-state index in [4.69, 9.17) is 9.47 Å². The number of anilines is 2. The fourth-order valence-electron chi connectivity index (χ4n) is 4.88. The Morgan fingerprint density at radius 3 is 2.95 bits per heavy atom. The van der Waals surface area contributed by atoms with Gasteiger partial charge in [0.15, 0.2) is 5.13 Å². The topological polar surface area (TPSA) is 116 Å². The van der Waals surface area contributed by atoms with Gasteiger partial charge in [-0.15, -0.1) is 11.3 Å². The Balaban J connectivity index is 1.23. The number of imidazole rings is 1. The number of nitrogens with zero attached hydrogens (tertiary/aromatic N) is 5. The highest BCUT2D eigenvalue weighted by Gasteiger charge is 2.21. The second kappa shape index (κ2) is 10.6. The van der Waals surface area contributed by atoms with E-state index in [1.165, 1.54) is 15.9 Å². The fourth-order valence-corrected chi connectivity index (χ4v) is 5.69. The van der Waals surface area contributed by atoms with Gasteiger partial charge in [0.05, 0.1) is 34.7 Å². The van der Waals surface area contributed by atoms with Crippen LogP contribution in [0.3, 0.4) is 0 Å². The molecule has 0 spiro atoms. The predicted molar refractivity (Wildman–Crippen MR) is 146 cm³/mol. The Hall–Kier alpha value is -3.74. The average Bonchev–Trinajstić information content (AvgIpc) is 3.70. The second-order valence-corrected chi connectivity index (χ2v) is 10.2.